The number of methoxy groups -OCH3 is 1. The minimum Gasteiger partial charge on any atom is -0.496 e. The number of benzene rings is 2. The number of nitrogens with two attached hydrogens (primary N) is 1. The molecule has 0 saturated carbocycles. The van der Waals surface area contributed by atoms with E-state index < -0.39 is 5.82 Å². The number of hydrogen-bond donors (Lipinski definition) is 1. The summed E-state index contributed by atoms with van der Waals surface area (Å²) in [7, 11) is 1.60. The lowest BCUT2D eigenvalue weighted by Crippen LogP contribution is -2.11. The average Bonchev–Trinajstić information content (AvgIpc) is 2.45. The van der Waals surface area contributed by atoms with Gasteiger partial charge in [-0.15, -0.1) is 0 Å². The molecule has 0 spiro atoms. The monoisotopic (exact) mass is 369 g/mol. The van der Waals surface area contributed by atoms with Crippen LogP contribution in [0.4, 0.5) is 4.39 Å². The van der Waals surface area contributed by atoms with Gasteiger partial charge in [0, 0.05) is 11.6 Å². The largest absolute Gasteiger partial charge is 0.496 e. The maximum Gasteiger partial charge on any atom is 0.137 e. The minimum absolute atomic E-state index is 0.0261. The zero-order valence-corrected chi connectivity index (χ0v) is 13.6. The Morgan fingerprint density at radius 1 is 1.29 bits per heavy atom. The molecule has 0 aliphatic heterocycles. The smallest absolute Gasteiger partial charge is 0.137 e. The first kappa shape index (κ1) is 15.7. The maximum absolute atomic E-state index is 13.7. The summed E-state index contributed by atoms with van der Waals surface area (Å²) in [5.74, 6) is 0.668. The summed E-state index contributed by atoms with van der Waals surface area (Å²) in [5, 5.41) is 0. The molecule has 0 radical (unpaired) electrons. The molecule has 0 fully saturated rings. The van der Waals surface area contributed by atoms with Crippen LogP contribution in [0, 0.1) is 5.82 Å². The highest BCUT2D eigenvalue weighted by Crippen LogP contribution is 2.26. The van der Waals surface area contributed by atoms with Gasteiger partial charge in [0.1, 0.15) is 28.9 Å². The third kappa shape index (κ3) is 3.92. The summed E-state index contributed by atoms with van der Waals surface area (Å²) in [4.78, 5) is 0.0261. The highest BCUT2D eigenvalue weighted by Gasteiger charge is 2.07. The van der Waals surface area contributed by atoms with Crippen molar-refractivity contribution in [3.8, 4) is 11.5 Å². The van der Waals surface area contributed by atoms with Gasteiger partial charge in [0.25, 0.3) is 0 Å². The van der Waals surface area contributed by atoms with Gasteiger partial charge < -0.3 is 15.2 Å². The normalized spacial score (nSPS) is 10.2. The highest BCUT2D eigenvalue weighted by molar-refractivity contribution is 9.10. The third-order valence-electron chi connectivity index (χ3n) is 2.83. The molecule has 0 aromatic heterocycles. The lowest BCUT2D eigenvalue weighted by Gasteiger charge is -2.09. The van der Waals surface area contributed by atoms with E-state index >= 15 is 0 Å². The fourth-order valence-electron chi connectivity index (χ4n) is 1.75. The molecule has 0 atom stereocenters. The van der Waals surface area contributed by atoms with Crippen LogP contribution in [0.5, 0.6) is 11.5 Å². The zero-order valence-electron chi connectivity index (χ0n) is 11.2. The second kappa shape index (κ2) is 6.87. The predicted molar refractivity (Wildman–Crippen MR) is 87.3 cm³/mol. The van der Waals surface area contributed by atoms with Crippen molar-refractivity contribution < 1.29 is 13.9 Å². The van der Waals surface area contributed by atoms with E-state index in [1.165, 1.54) is 12.1 Å². The molecule has 110 valence electrons. The van der Waals surface area contributed by atoms with Gasteiger partial charge in [-0.1, -0.05) is 18.3 Å². The summed E-state index contributed by atoms with van der Waals surface area (Å²) in [6, 6.07) is 10.0. The number of halogens is 2. The van der Waals surface area contributed by atoms with E-state index in [4.69, 9.17) is 27.4 Å². The van der Waals surface area contributed by atoms with Crippen LogP contribution in [0.25, 0.3) is 0 Å². The zero-order chi connectivity index (χ0) is 15.4. The van der Waals surface area contributed by atoms with E-state index in [0.717, 1.165) is 15.8 Å². The fraction of sp³-hybridized carbons (Fsp3) is 0.133. The van der Waals surface area contributed by atoms with Crippen molar-refractivity contribution in [1.82, 2.24) is 0 Å². The molecule has 0 amide bonds. The van der Waals surface area contributed by atoms with Crippen molar-refractivity contribution in [2.75, 3.05) is 7.11 Å². The lowest BCUT2D eigenvalue weighted by molar-refractivity contribution is 0.304. The van der Waals surface area contributed by atoms with Crippen LogP contribution in [-0.2, 0) is 6.61 Å². The van der Waals surface area contributed by atoms with Crippen LogP contribution in [-0.4, -0.2) is 12.1 Å². The summed E-state index contributed by atoms with van der Waals surface area (Å²) >= 11 is 8.15. The Labute approximate surface area is 136 Å². The van der Waals surface area contributed by atoms with E-state index in [-0.39, 0.29) is 10.6 Å². The molecular formula is C15H13BrFNO2S. The van der Waals surface area contributed by atoms with Crippen molar-refractivity contribution in [2.24, 2.45) is 5.73 Å². The lowest BCUT2D eigenvalue weighted by atomic mass is 10.2. The number of rotatable bonds is 5. The molecule has 6 heteroatoms. The molecule has 0 unspecified atom stereocenters. The number of ether oxygens (including phenoxy) is 2. The molecule has 0 aliphatic carbocycles. The van der Waals surface area contributed by atoms with E-state index in [0.29, 0.717) is 12.4 Å². The topological polar surface area (TPSA) is 44.5 Å². The van der Waals surface area contributed by atoms with Gasteiger partial charge in [-0.25, -0.2) is 4.39 Å². The van der Waals surface area contributed by atoms with Gasteiger partial charge >= 0.3 is 0 Å². The van der Waals surface area contributed by atoms with Gasteiger partial charge in [-0.05, 0) is 45.8 Å². The van der Waals surface area contributed by atoms with Crippen molar-refractivity contribution >= 4 is 33.1 Å². The van der Waals surface area contributed by atoms with E-state index in [2.05, 4.69) is 15.9 Å². The van der Waals surface area contributed by atoms with Gasteiger partial charge in [-0.3, -0.25) is 0 Å². The molecule has 21 heavy (non-hydrogen) atoms. The maximum atomic E-state index is 13.7. The first-order valence-electron chi connectivity index (χ1n) is 6.06. The fourth-order valence-corrected chi connectivity index (χ4v) is 2.51. The van der Waals surface area contributed by atoms with E-state index in [9.17, 15) is 4.39 Å². The van der Waals surface area contributed by atoms with Crippen LogP contribution >= 0.6 is 28.1 Å². The van der Waals surface area contributed by atoms with Crippen LogP contribution in [0.1, 0.15) is 11.1 Å². The Morgan fingerprint density at radius 3 is 2.62 bits per heavy atom. The summed E-state index contributed by atoms with van der Waals surface area (Å²) < 4.78 is 25.3. The van der Waals surface area contributed by atoms with Gasteiger partial charge in [0.2, 0.25) is 0 Å². The van der Waals surface area contributed by atoms with E-state index in [1.807, 2.05) is 18.2 Å². The first-order valence-corrected chi connectivity index (χ1v) is 7.26. The molecule has 0 bridgehead atoms. The molecule has 0 aliphatic rings. The van der Waals surface area contributed by atoms with E-state index in [1.54, 1.807) is 13.2 Å². The Kier molecular flexibility index (Phi) is 5.14. The Balaban J connectivity index is 2.08. The van der Waals surface area contributed by atoms with Crippen molar-refractivity contribution in [2.45, 2.75) is 6.61 Å². The molecule has 2 N–H and O–H groups in total. The van der Waals surface area contributed by atoms with Crippen LogP contribution in [0.15, 0.2) is 40.9 Å². The predicted octanol–water partition coefficient (Wildman–Crippen LogP) is 3.81. The second-order valence-electron chi connectivity index (χ2n) is 4.26. The molecule has 3 nitrogen and oxygen atoms in total. The summed E-state index contributed by atoms with van der Waals surface area (Å²) in [6.07, 6.45) is 0. The Hall–Kier alpha value is -1.66. The van der Waals surface area contributed by atoms with Gasteiger partial charge in [0.05, 0.1) is 11.6 Å². The number of thiocarbonyl (C=S) groups is 1. The summed E-state index contributed by atoms with van der Waals surface area (Å²) in [5.41, 5.74) is 6.55. The average molecular weight is 370 g/mol. The molecule has 2 aromatic carbocycles. The quantitative estimate of drug-likeness (QED) is 0.813. The molecule has 2 aromatic rings. The highest BCUT2D eigenvalue weighted by atomic mass is 79.9. The van der Waals surface area contributed by atoms with Crippen molar-refractivity contribution in [3.05, 3.63) is 57.8 Å². The molecular weight excluding hydrogens is 357 g/mol. The summed E-state index contributed by atoms with van der Waals surface area (Å²) in [6.45, 7) is 0.314. The molecule has 0 saturated heterocycles. The van der Waals surface area contributed by atoms with Crippen molar-refractivity contribution in [1.29, 1.82) is 0 Å². The van der Waals surface area contributed by atoms with Crippen LogP contribution in [0.2, 0.25) is 0 Å². The number of hydrogen-bond acceptors (Lipinski definition) is 3. The third-order valence-corrected chi connectivity index (χ3v) is 3.67. The molecule has 2 rings (SSSR count). The van der Waals surface area contributed by atoms with Crippen molar-refractivity contribution in [3.63, 3.8) is 0 Å². The molecule has 0 heterocycles. The van der Waals surface area contributed by atoms with Gasteiger partial charge in [0.15, 0.2) is 0 Å². The standard InChI is InChI=1S/C15H13BrFNO2S/c1-19-14-5-2-9(6-12(14)16)8-20-10-3-4-11(15(18)21)13(17)7-10/h2-7H,8H2,1H3,(H2,18,21). The van der Waals surface area contributed by atoms with Crippen LogP contribution < -0.4 is 15.2 Å². The minimum atomic E-state index is -0.490. The second-order valence-corrected chi connectivity index (χ2v) is 5.56. The van der Waals surface area contributed by atoms with Crippen LogP contribution in [0.3, 0.4) is 0 Å². The Morgan fingerprint density at radius 2 is 2.05 bits per heavy atom. The first-order chi connectivity index (χ1) is 10.0. The Bertz CT molecular complexity index is 679. The SMILES string of the molecule is COc1ccc(COc2ccc(C(N)=S)c(F)c2)cc1Br. The van der Waals surface area contributed by atoms with Gasteiger partial charge in [-0.2, -0.15) is 0 Å².